The third-order valence-corrected chi connectivity index (χ3v) is 3.93. The molecular formula is C18H19N3O5. The predicted molar refractivity (Wildman–Crippen MR) is 92.7 cm³/mol. The average Bonchev–Trinajstić information content (AvgIpc) is 2.87. The molecule has 0 fully saturated rings. The number of anilines is 1. The summed E-state index contributed by atoms with van der Waals surface area (Å²) in [6, 6.07) is 8.59. The van der Waals surface area contributed by atoms with Gasteiger partial charge in [-0.1, -0.05) is 12.1 Å². The summed E-state index contributed by atoms with van der Waals surface area (Å²) in [5.74, 6) is 0.367. The molecule has 136 valence electrons. The van der Waals surface area contributed by atoms with Gasteiger partial charge in [-0.25, -0.2) is 0 Å². The SMILES string of the molecule is Cc1cc(C(=O)NNC(=O)CN2C(=O)CCOc3ccccc32)c(C)o1. The molecule has 1 aliphatic rings. The number of para-hydroxylation sites is 2. The average molecular weight is 357 g/mol. The molecule has 0 unspecified atom stereocenters. The number of carbonyl (C=O) groups excluding carboxylic acids is 3. The van der Waals surface area contributed by atoms with Gasteiger partial charge in [0.2, 0.25) is 5.91 Å². The molecule has 1 aromatic heterocycles. The molecule has 0 spiro atoms. The van der Waals surface area contributed by atoms with Gasteiger partial charge in [-0.2, -0.15) is 0 Å². The van der Waals surface area contributed by atoms with Crippen molar-refractivity contribution in [2.45, 2.75) is 20.3 Å². The van der Waals surface area contributed by atoms with Gasteiger partial charge in [0.25, 0.3) is 11.8 Å². The Bertz CT molecular complexity index is 858. The van der Waals surface area contributed by atoms with Crippen LogP contribution in [0.15, 0.2) is 34.7 Å². The molecule has 0 saturated heterocycles. The highest BCUT2D eigenvalue weighted by molar-refractivity contribution is 6.01. The summed E-state index contributed by atoms with van der Waals surface area (Å²) < 4.78 is 10.8. The molecule has 2 N–H and O–H groups in total. The van der Waals surface area contributed by atoms with E-state index in [1.165, 1.54) is 4.90 Å². The van der Waals surface area contributed by atoms with Crippen molar-refractivity contribution in [1.82, 2.24) is 10.9 Å². The summed E-state index contributed by atoms with van der Waals surface area (Å²) in [4.78, 5) is 38.0. The summed E-state index contributed by atoms with van der Waals surface area (Å²) in [6.07, 6.45) is 0.168. The molecule has 0 atom stereocenters. The number of rotatable bonds is 3. The zero-order valence-electron chi connectivity index (χ0n) is 14.5. The van der Waals surface area contributed by atoms with E-state index in [1.807, 2.05) is 0 Å². The van der Waals surface area contributed by atoms with Crippen LogP contribution >= 0.6 is 0 Å². The van der Waals surface area contributed by atoms with Gasteiger partial charge in [-0.3, -0.25) is 30.1 Å². The summed E-state index contributed by atoms with van der Waals surface area (Å²) in [6.45, 7) is 3.41. The normalized spacial score (nSPS) is 13.5. The fraction of sp³-hybridized carbons (Fsp3) is 0.278. The molecule has 0 radical (unpaired) electrons. The minimum absolute atomic E-state index is 0.168. The van der Waals surface area contributed by atoms with Gasteiger partial charge < -0.3 is 9.15 Å². The molecule has 8 heteroatoms. The fourth-order valence-corrected chi connectivity index (χ4v) is 2.73. The second-order valence-corrected chi connectivity index (χ2v) is 5.88. The molecule has 0 bridgehead atoms. The number of hydrogen-bond acceptors (Lipinski definition) is 5. The number of hydrazine groups is 1. The Morgan fingerprint density at radius 2 is 1.96 bits per heavy atom. The lowest BCUT2D eigenvalue weighted by Crippen LogP contribution is -2.47. The van der Waals surface area contributed by atoms with Crippen LogP contribution in [0.4, 0.5) is 5.69 Å². The van der Waals surface area contributed by atoms with Crippen molar-refractivity contribution in [3.63, 3.8) is 0 Å². The molecule has 2 aromatic rings. The van der Waals surface area contributed by atoms with Gasteiger partial charge in [0.05, 0.1) is 24.3 Å². The number of benzene rings is 1. The Morgan fingerprint density at radius 3 is 2.69 bits per heavy atom. The molecule has 3 amide bonds. The van der Waals surface area contributed by atoms with Crippen LogP contribution < -0.4 is 20.5 Å². The fourth-order valence-electron chi connectivity index (χ4n) is 2.73. The lowest BCUT2D eigenvalue weighted by Gasteiger charge is -2.21. The molecule has 26 heavy (non-hydrogen) atoms. The van der Waals surface area contributed by atoms with Crippen molar-refractivity contribution in [2.24, 2.45) is 0 Å². The Hall–Kier alpha value is -3.29. The zero-order chi connectivity index (χ0) is 18.7. The summed E-state index contributed by atoms with van der Waals surface area (Å²) in [7, 11) is 0. The second-order valence-electron chi connectivity index (χ2n) is 5.88. The quantitative estimate of drug-likeness (QED) is 0.810. The van der Waals surface area contributed by atoms with Crippen LogP contribution in [0.2, 0.25) is 0 Å². The first-order valence-electron chi connectivity index (χ1n) is 8.14. The zero-order valence-corrected chi connectivity index (χ0v) is 14.5. The maximum atomic E-state index is 12.3. The molecule has 3 rings (SSSR count). The lowest BCUT2D eigenvalue weighted by molar-refractivity contribution is -0.124. The number of ether oxygens (including phenoxy) is 1. The number of hydrogen-bond donors (Lipinski definition) is 2. The lowest BCUT2D eigenvalue weighted by atomic mass is 10.2. The predicted octanol–water partition coefficient (Wildman–Crippen LogP) is 1.47. The van der Waals surface area contributed by atoms with Crippen molar-refractivity contribution in [1.29, 1.82) is 0 Å². The second kappa shape index (κ2) is 7.30. The van der Waals surface area contributed by atoms with Gasteiger partial charge in [0.1, 0.15) is 23.8 Å². The number of furan rings is 1. The Labute approximate surface area is 150 Å². The van der Waals surface area contributed by atoms with E-state index in [2.05, 4.69) is 10.9 Å². The van der Waals surface area contributed by atoms with Crippen LogP contribution in [0.25, 0.3) is 0 Å². The number of nitrogens with zero attached hydrogens (tertiary/aromatic N) is 1. The maximum Gasteiger partial charge on any atom is 0.273 e. The van der Waals surface area contributed by atoms with Crippen molar-refractivity contribution < 1.29 is 23.5 Å². The molecule has 0 aliphatic carbocycles. The minimum atomic E-state index is -0.527. The minimum Gasteiger partial charge on any atom is -0.491 e. The van der Waals surface area contributed by atoms with E-state index in [4.69, 9.17) is 9.15 Å². The highest BCUT2D eigenvalue weighted by atomic mass is 16.5. The van der Waals surface area contributed by atoms with Gasteiger partial charge in [0.15, 0.2) is 0 Å². The first-order valence-corrected chi connectivity index (χ1v) is 8.14. The summed E-state index contributed by atoms with van der Waals surface area (Å²) >= 11 is 0. The first-order chi connectivity index (χ1) is 12.5. The molecule has 2 heterocycles. The third kappa shape index (κ3) is 3.69. The van der Waals surface area contributed by atoms with Crippen LogP contribution in [0.1, 0.15) is 28.3 Å². The van der Waals surface area contributed by atoms with Gasteiger partial charge in [-0.05, 0) is 32.0 Å². The third-order valence-electron chi connectivity index (χ3n) is 3.93. The highest BCUT2D eigenvalue weighted by Gasteiger charge is 2.25. The molecule has 0 saturated carbocycles. The molecular weight excluding hydrogens is 338 g/mol. The van der Waals surface area contributed by atoms with Gasteiger partial charge in [0, 0.05) is 0 Å². The maximum absolute atomic E-state index is 12.3. The number of amides is 3. The number of aryl methyl sites for hydroxylation is 2. The monoisotopic (exact) mass is 357 g/mol. The van der Waals surface area contributed by atoms with Crippen LogP contribution in [0.5, 0.6) is 5.75 Å². The van der Waals surface area contributed by atoms with E-state index >= 15 is 0 Å². The van der Waals surface area contributed by atoms with Crippen LogP contribution in [-0.4, -0.2) is 30.9 Å². The van der Waals surface area contributed by atoms with E-state index in [-0.39, 0.29) is 25.5 Å². The van der Waals surface area contributed by atoms with Crippen molar-refractivity contribution >= 4 is 23.4 Å². The summed E-state index contributed by atoms with van der Waals surface area (Å²) in [5, 5.41) is 0. The van der Waals surface area contributed by atoms with Crippen LogP contribution in [-0.2, 0) is 9.59 Å². The topological polar surface area (TPSA) is 101 Å². The van der Waals surface area contributed by atoms with Crippen LogP contribution in [0, 0.1) is 13.8 Å². The molecule has 1 aromatic carbocycles. The van der Waals surface area contributed by atoms with Crippen LogP contribution in [0.3, 0.4) is 0 Å². The first kappa shape index (κ1) is 17.5. The van der Waals surface area contributed by atoms with Crippen molar-refractivity contribution in [2.75, 3.05) is 18.1 Å². The summed E-state index contributed by atoms with van der Waals surface area (Å²) in [5.41, 5.74) is 5.52. The molecule has 1 aliphatic heterocycles. The highest BCUT2D eigenvalue weighted by Crippen LogP contribution is 2.30. The van der Waals surface area contributed by atoms with E-state index in [0.717, 1.165) is 0 Å². The van der Waals surface area contributed by atoms with E-state index < -0.39 is 11.8 Å². The van der Waals surface area contributed by atoms with E-state index in [9.17, 15) is 14.4 Å². The van der Waals surface area contributed by atoms with Crippen molar-refractivity contribution in [3.05, 3.63) is 47.4 Å². The number of carbonyl (C=O) groups is 3. The standard InChI is InChI=1S/C18H19N3O5/c1-11-9-13(12(2)26-11)18(24)20-19-16(22)10-21-14-5-3-4-6-15(14)25-8-7-17(21)23/h3-6,9H,7-8,10H2,1-2H3,(H,19,22)(H,20,24). The Kier molecular flexibility index (Phi) is 4.92. The molecule has 8 nitrogen and oxygen atoms in total. The van der Waals surface area contributed by atoms with E-state index in [0.29, 0.717) is 28.5 Å². The Balaban J connectivity index is 1.65. The smallest absolute Gasteiger partial charge is 0.273 e. The largest absolute Gasteiger partial charge is 0.491 e. The van der Waals surface area contributed by atoms with Gasteiger partial charge in [-0.15, -0.1) is 0 Å². The Morgan fingerprint density at radius 1 is 1.19 bits per heavy atom. The van der Waals surface area contributed by atoms with E-state index in [1.54, 1.807) is 44.2 Å². The number of fused-ring (bicyclic) bond motifs is 1. The van der Waals surface area contributed by atoms with Crippen molar-refractivity contribution in [3.8, 4) is 5.75 Å². The number of nitrogens with one attached hydrogen (secondary N) is 2. The van der Waals surface area contributed by atoms with Gasteiger partial charge >= 0.3 is 0 Å².